The first-order valence-electron chi connectivity index (χ1n) is 5.10. The van der Waals surface area contributed by atoms with Gasteiger partial charge in [0.05, 0.1) is 5.56 Å². The predicted molar refractivity (Wildman–Crippen MR) is 74.4 cm³/mol. The van der Waals surface area contributed by atoms with Gasteiger partial charge in [-0.1, -0.05) is 17.7 Å². The van der Waals surface area contributed by atoms with Crippen molar-refractivity contribution in [3.63, 3.8) is 0 Å². The van der Waals surface area contributed by atoms with Crippen molar-refractivity contribution < 1.29 is 9.90 Å². The van der Waals surface area contributed by atoms with Gasteiger partial charge in [-0.15, -0.1) is 6.58 Å². The summed E-state index contributed by atoms with van der Waals surface area (Å²) in [5.74, 6) is 0.815. The molecule has 0 aliphatic carbocycles. The van der Waals surface area contributed by atoms with E-state index in [0.29, 0.717) is 17.3 Å². The molecule has 0 aliphatic heterocycles. The fourth-order valence-electron chi connectivity index (χ4n) is 1.27. The molecular formula is C12H14ClNO2S. The molecule has 0 unspecified atom stereocenters. The third kappa shape index (κ3) is 4.71. The van der Waals surface area contributed by atoms with Crippen molar-refractivity contribution in [1.82, 2.24) is 0 Å². The third-order valence-electron chi connectivity index (χ3n) is 2.01. The lowest BCUT2D eigenvalue weighted by atomic mass is 10.2. The molecule has 0 fully saturated rings. The van der Waals surface area contributed by atoms with Crippen molar-refractivity contribution in [3.8, 4) is 0 Å². The molecule has 92 valence electrons. The minimum absolute atomic E-state index is 0.200. The Morgan fingerprint density at radius 1 is 1.59 bits per heavy atom. The maximum Gasteiger partial charge on any atom is 0.337 e. The van der Waals surface area contributed by atoms with Crippen LogP contribution in [-0.4, -0.2) is 29.1 Å². The molecule has 0 bridgehead atoms. The van der Waals surface area contributed by atoms with E-state index < -0.39 is 5.97 Å². The molecule has 5 heteroatoms. The number of nitrogens with one attached hydrogen (secondary N) is 1. The molecule has 0 radical (unpaired) electrons. The topological polar surface area (TPSA) is 49.3 Å². The molecule has 17 heavy (non-hydrogen) atoms. The average molecular weight is 272 g/mol. The highest BCUT2D eigenvalue weighted by Crippen LogP contribution is 2.20. The van der Waals surface area contributed by atoms with Crippen LogP contribution in [0.2, 0.25) is 5.02 Å². The molecular weight excluding hydrogens is 258 g/mol. The molecule has 1 aromatic rings. The van der Waals surface area contributed by atoms with Gasteiger partial charge in [-0.25, -0.2) is 4.79 Å². The van der Waals surface area contributed by atoms with Crippen LogP contribution in [0.15, 0.2) is 30.9 Å². The lowest BCUT2D eigenvalue weighted by Crippen LogP contribution is -2.09. The first-order chi connectivity index (χ1) is 8.15. The molecule has 0 saturated carbocycles. The van der Waals surface area contributed by atoms with E-state index in [9.17, 15) is 4.79 Å². The fraction of sp³-hybridized carbons (Fsp3) is 0.250. The minimum atomic E-state index is -0.978. The summed E-state index contributed by atoms with van der Waals surface area (Å²) in [7, 11) is 0. The maximum atomic E-state index is 11.0. The van der Waals surface area contributed by atoms with Crippen molar-refractivity contribution in [2.75, 3.05) is 23.4 Å². The Morgan fingerprint density at radius 3 is 3.00 bits per heavy atom. The lowest BCUT2D eigenvalue weighted by Gasteiger charge is -2.09. The zero-order chi connectivity index (χ0) is 12.7. The monoisotopic (exact) mass is 271 g/mol. The standard InChI is InChI=1S/C12H14ClNO2S/c1-2-6-17-7-5-14-11-4-3-9(13)8-10(11)12(15)16/h2-4,8,14H,1,5-7H2,(H,15,16). The number of rotatable bonds is 7. The zero-order valence-electron chi connectivity index (χ0n) is 9.28. The number of hydrogen-bond donors (Lipinski definition) is 2. The first-order valence-corrected chi connectivity index (χ1v) is 6.63. The second-order valence-electron chi connectivity index (χ2n) is 3.29. The van der Waals surface area contributed by atoms with Crippen LogP contribution >= 0.6 is 23.4 Å². The van der Waals surface area contributed by atoms with Crippen molar-refractivity contribution in [1.29, 1.82) is 0 Å². The molecule has 0 atom stereocenters. The van der Waals surface area contributed by atoms with Crippen LogP contribution in [-0.2, 0) is 0 Å². The van der Waals surface area contributed by atoms with Gasteiger partial charge in [-0.2, -0.15) is 11.8 Å². The molecule has 2 N–H and O–H groups in total. The van der Waals surface area contributed by atoms with E-state index in [4.69, 9.17) is 16.7 Å². The van der Waals surface area contributed by atoms with Gasteiger partial charge in [0, 0.05) is 28.8 Å². The van der Waals surface area contributed by atoms with Crippen LogP contribution in [0.1, 0.15) is 10.4 Å². The largest absolute Gasteiger partial charge is 0.478 e. The lowest BCUT2D eigenvalue weighted by molar-refractivity contribution is 0.0698. The van der Waals surface area contributed by atoms with Gasteiger partial charge in [0.2, 0.25) is 0 Å². The Morgan fingerprint density at radius 2 is 2.35 bits per heavy atom. The van der Waals surface area contributed by atoms with Crippen molar-refractivity contribution in [2.24, 2.45) is 0 Å². The Hall–Kier alpha value is -1.13. The smallest absolute Gasteiger partial charge is 0.337 e. The molecule has 0 heterocycles. The van der Waals surface area contributed by atoms with E-state index in [1.165, 1.54) is 6.07 Å². The van der Waals surface area contributed by atoms with Crippen molar-refractivity contribution >= 4 is 35.0 Å². The van der Waals surface area contributed by atoms with E-state index in [1.54, 1.807) is 23.9 Å². The molecule has 0 spiro atoms. The summed E-state index contributed by atoms with van der Waals surface area (Å²) in [4.78, 5) is 11.0. The van der Waals surface area contributed by atoms with Crippen molar-refractivity contribution in [3.05, 3.63) is 41.4 Å². The first kappa shape index (κ1) is 13.9. The molecule has 0 aromatic heterocycles. The molecule has 0 saturated heterocycles. The third-order valence-corrected chi connectivity index (χ3v) is 3.21. The minimum Gasteiger partial charge on any atom is -0.478 e. The highest BCUT2D eigenvalue weighted by atomic mass is 35.5. The number of thioether (sulfide) groups is 1. The van der Waals surface area contributed by atoms with Gasteiger partial charge in [0.1, 0.15) is 0 Å². The number of benzene rings is 1. The average Bonchev–Trinajstić information content (AvgIpc) is 2.30. The summed E-state index contributed by atoms with van der Waals surface area (Å²) in [6.07, 6.45) is 1.84. The summed E-state index contributed by atoms with van der Waals surface area (Å²) < 4.78 is 0. The summed E-state index contributed by atoms with van der Waals surface area (Å²) >= 11 is 7.49. The molecule has 1 rings (SSSR count). The Labute approximate surface area is 110 Å². The number of halogens is 1. The summed E-state index contributed by atoms with van der Waals surface area (Å²) in [6.45, 7) is 4.34. The number of carbonyl (C=O) groups is 1. The highest BCUT2D eigenvalue weighted by molar-refractivity contribution is 7.99. The Balaban J connectivity index is 2.58. The van der Waals surface area contributed by atoms with Crippen LogP contribution in [0.25, 0.3) is 0 Å². The fourth-order valence-corrected chi connectivity index (χ4v) is 2.02. The van der Waals surface area contributed by atoms with Gasteiger partial charge < -0.3 is 10.4 Å². The van der Waals surface area contributed by atoms with Crippen LogP contribution < -0.4 is 5.32 Å². The number of carboxylic acid groups (broad SMARTS) is 1. The summed E-state index contributed by atoms with van der Waals surface area (Å²) in [6, 6.07) is 4.81. The number of aromatic carboxylic acids is 1. The molecule has 3 nitrogen and oxygen atoms in total. The number of carboxylic acids is 1. The summed E-state index contributed by atoms with van der Waals surface area (Å²) in [5.41, 5.74) is 0.798. The number of hydrogen-bond acceptors (Lipinski definition) is 3. The van der Waals surface area contributed by atoms with Gasteiger partial charge in [0.25, 0.3) is 0 Å². The number of anilines is 1. The van der Waals surface area contributed by atoms with Crippen molar-refractivity contribution in [2.45, 2.75) is 0 Å². The maximum absolute atomic E-state index is 11.0. The normalized spacial score (nSPS) is 9.94. The van der Waals surface area contributed by atoms with E-state index in [-0.39, 0.29) is 5.56 Å². The Bertz CT molecular complexity index is 409. The molecule has 0 aliphatic rings. The van der Waals surface area contributed by atoms with E-state index in [0.717, 1.165) is 11.5 Å². The quantitative estimate of drug-likeness (QED) is 0.590. The van der Waals surface area contributed by atoms with Gasteiger partial charge >= 0.3 is 5.97 Å². The van der Waals surface area contributed by atoms with E-state index in [2.05, 4.69) is 11.9 Å². The second-order valence-corrected chi connectivity index (χ2v) is 4.87. The van der Waals surface area contributed by atoms with E-state index >= 15 is 0 Å². The van der Waals surface area contributed by atoms with Gasteiger partial charge in [0.15, 0.2) is 0 Å². The van der Waals surface area contributed by atoms with E-state index in [1.807, 2.05) is 6.08 Å². The SMILES string of the molecule is C=CCSCCNc1ccc(Cl)cc1C(=O)O. The highest BCUT2D eigenvalue weighted by Gasteiger charge is 2.09. The van der Waals surface area contributed by atoms with Crippen LogP contribution in [0.4, 0.5) is 5.69 Å². The molecule has 1 aromatic carbocycles. The zero-order valence-corrected chi connectivity index (χ0v) is 10.9. The van der Waals surface area contributed by atoms with Crippen LogP contribution in [0.5, 0.6) is 0 Å². The predicted octanol–water partition coefficient (Wildman–Crippen LogP) is 3.37. The van der Waals surface area contributed by atoms with Gasteiger partial charge in [-0.3, -0.25) is 0 Å². The van der Waals surface area contributed by atoms with Crippen LogP contribution in [0, 0.1) is 0 Å². The summed E-state index contributed by atoms with van der Waals surface area (Å²) in [5, 5.41) is 12.5. The Kier molecular flexibility index (Phi) is 5.94. The molecule has 0 amide bonds. The second kappa shape index (κ2) is 7.25. The van der Waals surface area contributed by atoms with Crippen LogP contribution in [0.3, 0.4) is 0 Å². The van der Waals surface area contributed by atoms with Gasteiger partial charge in [-0.05, 0) is 18.2 Å².